The van der Waals surface area contributed by atoms with E-state index in [-0.39, 0.29) is 6.42 Å². The van der Waals surface area contributed by atoms with Crippen LogP contribution < -0.4 is 10.2 Å². The van der Waals surface area contributed by atoms with Crippen LogP contribution in [0.2, 0.25) is 0 Å². The second-order valence-corrected chi connectivity index (χ2v) is 7.99. The molecule has 0 spiro atoms. The molecule has 2 rings (SSSR count). The molecule has 1 saturated heterocycles. The molecular weight excluding hydrogens is 330 g/mol. The van der Waals surface area contributed by atoms with Gasteiger partial charge in [-0.15, -0.1) is 11.3 Å². The standard InChI is InChI=1S/C16H25N3O4S/c1-16(2,3)23-15(22)18-12(13(20)21)9-11-10-17-14(24-11)19-7-5-4-6-8-19/h10,12H,4-9H2,1-3H3,(H,18,22)(H,20,21). The molecule has 1 aromatic heterocycles. The third kappa shape index (κ3) is 5.67. The molecule has 0 aliphatic carbocycles. The number of aliphatic carboxylic acids is 1. The predicted octanol–water partition coefficient (Wildman–Crippen LogP) is 2.65. The van der Waals surface area contributed by atoms with Crippen molar-refractivity contribution in [3.05, 3.63) is 11.1 Å². The van der Waals surface area contributed by atoms with Gasteiger partial charge in [0.25, 0.3) is 0 Å². The highest BCUT2D eigenvalue weighted by Crippen LogP contribution is 2.26. The maximum absolute atomic E-state index is 11.8. The number of nitrogens with zero attached hydrogens (tertiary/aromatic N) is 2. The Bertz CT molecular complexity index is 576. The minimum absolute atomic E-state index is 0.195. The lowest BCUT2D eigenvalue weighted by Crippen LogP contribution is -2.44. The van der Waals surface area contributed by atoms with E-state index in [1.54, 1.807) is 27.0 Å². The summed E-state index contributed by atoms with van der Waals surface area (Å²) in [6.45, 7) is 7.18. The van der Waals surface area contributed by atoms with Gasteiger partial charge in [-0.25, -0.2) is 14.6 Å². The SMILES string of the molecule is CC(C)(C)OC(=O)NC(Cc1cnc(N2CCCCC2)s1)C(=O)O. The first-order valence-corrected chi connectivity index (χ1v) is 8.98. The summed E-state index contributed by atoms with van der Waals surface area (Å²) in [6.07, 6.45) is 4.73. The number of ether oxygens (including phenoxy) is 1. The molecule has 1 atom stereocenters. The lowest BCUT2D eigenvalue weighted by atomic mass is 10.1. The average Bonchev–Trinajstić information content (AvgIpc) is 2.94. The summed E-state index contributed by atoms with van der Waals surface area (Å²) < 4.78 is 5.12. The highest BCUT2D eigenvalue weighted by molar-refractivity contribution is 7.15. The van der Waals surface area contributed by atoms with E-state index in [1.807, 2.05) is 0 Å². The molecule has 1 aromatic rings. The molecule has 1 amide bonds. The second-order valence-electron chi connectivity index (χ2n) is 6.90. The van der Waals surface area contributed by atoms with Crippen LogP contribution in [-0.2, 0) is 16.0 Å². The summed E-state index contributed by atoms with van der Waals surface area (Å²) in [5.74, 6) is -1.09. The average molecular weight is 355 g/mol. The van der Waals surface area contributed by atoms with Gasteiger partial charge < -0.3 is 20.1 Å². The summed E-state index contributed by atoms with van der Waals surface area (Å²) in [5.41, 5.74) is -0.668. The third-order valence-electron chi connectivity index (χ3n) is 3.56. The smallest absolute Gasteiger partial charge is 0.408 e. The van der Waals surface area contributed by atoms with Crippen molar-refractivity contribution in [2.45, 2.75) is 58.1 Å². The van der Waals surface area contributed by atoms with Gasteiger partial charge in [-0.3, -0.25) is 0 Å². The fraction of sp³-hybridized carbons (Fsp3) is 0.688. The largest absolute Gasteiger partial charge is 0.480 e. The highest BCUT2D eigenvalue weighted by Gasteiger charge is 2.25. The normalized spacial score (nSPS) is 16.5. The fourth-order valence-electron chi connectivity index (χ4n) is 2.47. The molecule has 0 aromatic carbocycles. The van der Waals surface area contributed by atoms with E-state index in [0.29, 0.717) is 0 Å². The number of piperidine rings is 1. The van der Waals surface area contributed by atoms with E-state index < -0.39 is 23.7 Å². The molecule has 2 N–H and O–H groups in total. The Hall–Kier alpha value is -1.83. The molecule has 1 unspecified atom stereocenters. The molecule has 8 heteroatoms. The van der Waals surface area contributed by atoms with E-state index in [1.165, 1.54) is 17.8 Å². The van der Waals surface area contributed by atoms with Crippen LogP contribution in [0.15, 0.2) is 6.20 Å². The second kappa shape index (κ2) is 7.83. The third-order valence-corrected chi connectivity index (χ3v) is 4.64. The number of thiazole rings is 1. The predicted molar refractivity (Wildman–Crippen MR) is 92.7 cm³/mol. The van der Waals surface area contributed by atoms with E-state index in [4.69, 9.17) is 4.74 Å². The van der Waals surface area contributed by atoms with Crippen LogP contribution in [0.5, 0.6) is 0 Å². The van der Waals surface area contributed by atoms with E-state index >= 15 is 0 Å². The van der Waals surface area contributed by atoms with Gasteiger partial charge in [0.15, 0.2) is 5.13 Å². The van der Waals surface area contributed by atoms with Gasteiger partial charge in [0, 0.05) is 30.6 Å². The molecule has 0 radical (unpaired) electrons. The first-order chi connectivity index (χ1) is 11.2. The molecule has 2 heterocycles. The number of carbonyl (C=O) groups is 2. The van der Waals surface area contributed by atoms with Crippen molar-refractivity contribution in [2.24, 2.45) is 0 Å². The minimum atomic E-state index is -1.09. The van der Waals surface area contributed by atoms with Crippen molar-refractivity contribution >= 4 is 28.5 Å². The fourth-order valence-corrected chi connectivity index (χ4v) is 3.48. The molecule has 1 aliphatic heterocycles. The van der Waals surface area contributed by atoms with Crippen molar-refractivity contribution in [3.8, 4) is 0 Å². The van der Waals surface area contributed by atoms with Gasteiger partial charge in [-0.05, 0) is 40.0 Å². The molecule has 1 fully saturated rings. The number of hydrogen-bond donors (Lipinski definition) is 2. The van der Waals surface area contributed by atoms with Crippen LogP contribution in [0.25, 0.3) is 0 Å². The van der Waals surface area contributed by atoms with Gasteiger partial charge in [0.05, 0.1) is 0 Å². The number of carbonyl (C=O) groups excluding carboxylic acids is 1. The lowest BCUT2D eigenvalue weighted by Gasteiger charge is -2.25. The highest BCUT2D eigenvalue weighted by atomic mass is 32.1. The van der Waals surface area contributed by atoms with E-state index in [0.717, 1.165) is 35.9 Å². The summed E-state index contributed by atoms with van der Waals surface area (Å²) in [7, 11) is 0. The first kappa shape index (κ1) is 18.5. The Labute approximate surface area is 146 Å². The van der Waals surface area contributed by atoms with E-state index in [9.17, 15) is 14.7 Å². The van der Waals surface area contributed by atoms with Gasteiger partial charge >= 0.3 is 12.1 Å². The molecule has 0 saturated carbocycles. The minimum Gasteiger partial charge on any atom is -0.480 e. The Kier molecular flexibility index (Phi) is 6.04. The van der Waals surface area contributed by atoms with Gasteiger partial charge in [-0.1, -0.05) is 0 Å². The molecule has 1 aliphatic rings. The van der Waals surface area contributed by atoms with Crippen LogP contribution in [-0.4, -0.2) is 46.9 Å². The van der Waals surface area contributed by atoms with Gasteiger partial charge in [0.1, 0.15) is 11.6 Å². The van der Waals surface area contributed by atoms with E-state index in [2.05, 4.69) is 15.2 Å². The van der Waals surface area contributed by atoms with Crippen LogP contribution >= 0.6 is 11.3 Å². The molecular formula is C16H25N3O4S. The zero-order valence-electron chi connectivity index (χ0n) is 14.4. The number of alkyl carbamates (subject to hydrolysis) is 1. The molecule has 0 bridgehead atoms. The van der Waals surface area contributed by atoms with Crippen LogP contribution in [0.3, 0.4) is 0 Å². The Morgan fingerprint density at radius 3 is 2.62 bits per heavy atom. The van der Waals surface area contributed by atoms with Gasteiger partial charge in [-0.2, -0.15) is 0 Å². The van der Waals surface area contributed by atoms with Crippen molar-refractivity contribution in [1.82, 2.24) is 10.3 Å². The van der Waals surface area contributed by atoms with Crippen LogP contribution in [0.4, 0.5) is 9.93 Å². The summed E-state index contributed by atoms with van der Waals surface area (Å²) in [5, 5.41) is 12.7. The topological polar surface area (TPSA) is 91.8 Å². The van der Waals surface area contributed by atoms with Gasteiger partial charge in [0.2, 0.25) is 0 Å². The monoisotopic (exact) mass is 355 g/mol. The Morgan fingerprint density at radius 2 is 2.04 bits per heavy atom. The molecule has 7 nitrogen and oxygen atoms in total. The lowest BCUT2D eigenvalue weighted by molar-refractivity contribution is -0.139. The van der Waals surface area contributed by atoms with Crippen molar-refractivity contribution in [2.75, 3.05) is 18.0 Å². The van der Waals surface area contributed by atoms with Crippen LogP contribution in [0, 0.1) is 0 Å². The number of aromatic nitrogens is 1. The maximum atomic E-state index is 11.8. The molecule has 134 valence electrons. The van der Waals surface area contributed by atoms with Crippen LogP contribution in [0.1, 0.15) is 44.9 Å². The van der Waals surface area contributed by atoms with Crippen molar-refractivity contribution in [3.63, 3.8) is 0 Å². The Balaban J connectivity index is 1.96. The Morgan fingerprint density at radius 1 is 1.38 bits per heavy atom. The summed E-state index contributed by atoms with van der Waals surface area (Å²) >= 11 is 1.48. The zero-order valence-corrected chi connectivity index (χ0v) is 15.2. The summed E-state index contributed by atoms with van der Waals surface area (Å²) in [4.78, 5) is 30.7. The van der Waals surface area contributed by atoms with Crippen molar-refractivity contribution in [1.29, 1.82) is 0 Å². The zero-order chi connectivity index (χ0) is 17.7. The number of nitrogens with one attached hydrogen (secondary N) is 1. The quantitative estimate of drug-likeness (QED) is 0.844. The first-order valence-electron chi connectivity index (χ1n) is 8.16. The maximum Gasteiger partial charge on any atom is 0.408 e. The molecule has 24 heavy (non-hydrogen) atoms. The number of amides is 1. The number of carboxylic acid groups (broad SMARTS) is 1. The number of hydrogen-bond acceptors (Lipinski definition) is 6. The van der Waals surface area contributed by atoms with Crippen molar-refractivity contribution < 1.29 is 19.4 Å². The summed E-state index contributed by atoms with van der Waals surface area (Å²) in [6, 6.07) is -1.03. The number of anilines is 1. The number of carboxylic acids is 1. The number of rotatable bonds is 5.